The molecule has 0 aliphatic carbocycles. The summed E-state index contributed by atoms with van der Waals surface area (Å²) in [4.78, 5) is 4.81. The first-order valence-corrected chi connectivity index (χ1v) is 6.58. The van der Waals surface area contributed by atoms with Crippen LogP contribution in [0.4, 0.5) is 5.82 Å². The van der Waals surface area contributed by atoms with Crippen LogP contribution in [0.5, 0.6) is 0 Å². The van der Waals surface area contributed by atoms with Crippen molar-refractivity contribution in [2.75, 3.05) is 5.73 Å². The topological polar surface area (TPSA) is 43.8 Å². The van der Waals surface area contributed by atoms with Crippen molar-refractivity contribution < 1.29 is 0 Å². The molecule has 1 unspecified atom stereocenters. The molecule has 0 aliphatic rings. The quantitative estimate of drug-likeness (QED) is 0.867. The predicted octanol–water partition coefficient (Wildman–Crippen LogP) is 3.86. The third kappa shape index (κ3) is 2.64. The van der Waals surface area contributed by atoms with Gasteiger partial charge < -0.3 is 10.3 Å². The van der Waals surface area contributed by atoms with Gasteiger partial charge in [-0.15, -0.1) is 0 Å². The number of nitrogen functional groups attached to an aromatic ring is 1. The van der Waals surface area contributed by atoms with Gasteiger partial charge in [-0.3, -0.25) is 0 Å². The average molecular weight is 237 g/mol. The average Bonchev–Trinajstić information content (AvgIpc) is 2.54. The van der Waals surface area contributed by atoms with E-state index in [4.69, 9.17) is 10.7 Å². The highest BCUT2D eigenvalue weighted by Crippen LogP contribution is 2.33. The largest absolute Gasteiger partial charge is 0.384 e. The molecule has 1 heterocycles. The molecule has 0 bridgehead atoms. The summed E-state index contributed by atoms with van der Waals surface area (Å²) in [5.41, 5.74) is 7.37. The van der Waals surface area contributed by atoms with E-state index in [2.05, 4.69) is 53.0 Å². The number of imidazole rings is 1. The summed E-state index contributed by atoms with van der Waals surface area (Å²) >= 11 is 0. The molecule has 0 amide bonds. The molecule has 3 heteroatoms. The fourth-order valence-electron chi connectivity index (χ4n) is 2.07. The van der Waals surface area contributed by atoms with Crippen LogP contribution in [-0.4, -0.2) is 9.55 Å². The van der Waals surface area contributed by atoms with Crippen LogP contribution in [0.2, 0.25) is 0 Å². The number of aromatic nitrogens is 2. The van der Waals surface area contributed by atoms with E-state index in [1.165, 1.54) is 0 Å². The standard InChI is InChI=1S/C14H27N3/c1-8-10(4)11-12(15)17(9(2)3)13(16-11)14(5,6)7/h9-10H,8,15H2,1-7H3. The zero-order valence-electron chi connectivity index (χ0n) is 12.3. The molecule has 0 spiro atoms. The van der Waals surface area contributed by atoms with E-state index in [-0.39, 0.29) is 5.41 Å². The fraction of sp³-hybridized carbons (Fsp3) is 0.786. The number of hydrogen-bond donors (Lipinski definition) is 1. The van der Waals surface area contributed by atoms with Crippen molar-refractivity contribution in [3.8, 4) is 0 Å². The molecule has 0 saturated heterocycles. The van der Waals surface area contributed by atoms with Gasteiger partial charge >= 0.3 is 0 Å². The van der Waals surface area contributed by atoms with Crippen molar-refractivity contribution in [3.05, 3.63) is 11.5 Å². The Morgan fingerprint density at radius 3 is 2.06 bits per heavy atom. The zero-order chi connectivity index (χ0) is 13.4. The molecular formula is C14H27N3. The van der Waals surface area contributed by atoms with Crippen LogP contribution in [0.3, 0.4) is 0 Å². The number of anilines is 1. The molecule has 98 valence electrons. The van der Waals surface area contributed by atoms with Gasteiger partial charge in [0.2, 0.25) is 0 Å². The van der Waals surface area contributed by atoms with Gasteiger partial charge in [0.25, 0.3) is 0 Å². The van der Waals surface area contributed by atoms with Crippen molar-refractivity contribution in [2.45, 2.75) is 72.3 Å². The third-order valence-corrected chi connectivity index (χ3v) is 3.24. The molecule has 0 aromatic carbocycles. The number of hydrogen-bond acceptors (Lipinski definition) is 2. The van der Waals surface area contributed by atoms with Crippen molar-refractivity contribution in [1.29, 1.82) is 0 Å². The van der Waals surface area contributed by atoms with Gasteiger partial charge in [-0.25, -0.2) is 4.98 Å². The van der Waals surface area contributed by atoms with Gasteiger partial charge in [-0.05, 0) is 20.3 Å². The van der Waals surface area contributed by atoms with Crippen LogP contribution in [0.25, 0.3) is 0 Å². The molecule has 1 aromatic rings. The highest BCUT2D eigenvalue weighted by molar-refractivity contribution is 5.42. The Morgan fingerprint density at radius 1 is 1.24 bits per heavy atom. The lowest BCUT2D eigenvalue weighted by Crippen LogP contribution is -2.21. The lowest BCUT2D eigenvalue weighted by molar-refractivity contribution is 0.472. The van der Waals surface area contributed by atoms with Crippen molar-refractivity contribution >= 4 is 5.82 Å². The van der Waals surface area contributed by atoms with Crippen molar-refractivity contribution in [2.24, 2.45) is 0 Å². The summed E-state index contributed by atoms with van der Waals surface area (Å²) in [7, 11) is 0. The molecule has 0 radical (unpaired) electrons. The summed E-state index contributed by atoms with van der Waals surface area (Å²) in [5.74, 6) is 2.37. The second-order valence-corrected chi connectivity index (χ2v) is 6.23. The van der Waals surface area contributed by atoms with E-state index in [1.807, 2.05) is 0 Å². The van der Waals surface area contributed by atoms with E-state index in [1.54, 1.807) is 0 Å². The molecule has 0 aliphatic heterocycles. The smallest absolute Gasteiger partial charge is 0.127 e. The SMILES string of the molecule is CCC(C)c1nc(C(C)(C)C)n(C(C)C)c1N. The van der Waals surface area contributed by atoms with Crippen LogP contribution < -0.4 is 5.73 Å². The normalized spacial score (nSPS) is 14.4. The maximum absolute atomic E-state index is 6.28. The minimum Gasteiger partial charge on any atom is -0.384 e. The van der Waals surface area contributed by atoms with Crippen LogP contribution in [0, 0.1) is 0 Å². The predicted molar refractivity (Wildman–Crippen MR) is 74.4 cm³/mol. The van der Waals surface area contributed by atoms with Crippen LogP contribution in [0.1, 0.15) is 78.4 Å². The summed E-state index contributed by atoms with van der Waals surface area (Å²) in [6, 6.07) is 0.356. The van der Waals surface area contributed by atoms with Crippen LogP contribution in [-0.2, 0) is 5.41 Å². The summed E-state index contributed by atoms with van der Waals surface area (Å²) in [6.45, 7) is 15.3. The Morgan fingerprint density at radius 2 is 1.76 bits per heavy atom. The third-order valence-electron chi connectivity index (χ3n) is 3.24. The first kappa shape index (κ1) is 14.1. The summed E-state index contributed by atoms with van der Waals surface area (Å²) in [6.07, 6.45) is 1.07. The highest BCUT2D eigenvalue weighted by atomic mass is 15.2. The Hall–Kier alpha value is -0.990. The van der Waals surface area contributed by atoms with E-state index < -0.39 is 0 Å². The molecule has 3 nitrogen and oxygen atoms in total. The van der Waals surface area contributed by atoms with Crippen molar-refractivity contribution in [1.82, 2.24) is 9.55 Å². The minimum absolute atomic E-state index is 0.0318. The van der Waals surface area contributed by atoms with E-state index >= 15 is 0 Å². The second kappa shape index (κ2) is 4.71. The first-order valence-electron chi connectivity index (χ1n) is 6.58. The first-order chi connectivity index (χ1) is 7.70. The fourth-order valence-corrected chi connectivity index (χ4v) is 2.07. The molecule has 1 aromatic heterocycles. The number of nitrogens with zero attached hydrogens (tertiary/aromatic N) is 2. The molecular weight excluding hydrogens is 210 g/mol. The second-order valence-electron chi connectivity index (χ2n) is 6.23. The van der Waals surface area contributed by atoms with Gasteiger partial charge in [0.15, 0.2) is 0 Å². The Labute approximate surface area is 105 Å². The molecule has 0 saturated carbocycles. The van der Waals surface area contributed by atoms with Crippen LogP contribution >= 0.6 is 0 Å². The monoisotopic (exact) mass is 237 g/mol. The Bertz CT molecular complexity index is 383. The maximum atomic E-state index is 6.28. The molecule has 0 fully saturated rings. The Balaban J connectivity index is 3.40. The van der Waals surface area contributed by atoms with Crippen LogP contribution in [0.15, 0.2) is 0 Å². The minimum atomic E-state index is 0.0318. The van der Waals surface area contributed by atoms with Gasteiger partial charge in [0.1, 0.15) is 11.6 Å². The number of rotatable bonds is 3. The summed E-state index contributed by atoms with van der Waals surface area (Å²) < 4.78 is 2.18. The van der Waals surface area contributed by atoms with Gasteiger partial charge in [0.05, 0.1) is 5.69 Å². The van der Waals surface area contributed by atoms with E-state index in [0.29, 0.717) is 12.0 Å². The Kier molecular flexibility index (Phi) is 3.90. The molecule has 2 N–H and O–H groups in total. The lowest BCUT2D eigenvalue weighted by atomic mass is 9.95. The lowest BCUT2D eigenvalue weighted by Gasteiger charge is -2.22. The zero-order valence-corrected chi connectivity index (χ0v) is 12.3. The highest BCUT2D eigenvalue weighted by Gasteiger charge is 2.27. The van der Waals surface area contributed by atoms with Gasteiger partial charge in [-0.2, -0.15) is 0 Å². The number of nitrogens with two attached hydrogens (primary N) is 1. The van der Waals surface area contributed by atoms with Crippen molar-refractivity contribution in [3.63, 3.8) is 0 Å². The summed E-state index contributed by atoms with van der Waals surface area (Å²) in [5, 5.41) is 0. The molecule has 17 heavy (non-hydrogen) atoms. The molecule has 1 rings (SSSR count). The maximum Gasteiger partial charge on any atom is 0.127 e. The van der Waals surface area contributed by atoms with Gasteiger partial charge in [0, 0.05) is 17.4 Å². The molecule has 1 atom stereocenters. The van der Waals surface area contributed by atoms with Gasteiger partial charge in [-0.1, -0.05) is 34.6 Å². The van der Waals surface area contributed by atoms with E-state index in [9.17, 15) is 0 Å². The van der Waals surface area contributed by atoms with E-state index in [0.717, 1.165) is 23.8 Å².